The molecule has 0 unspecified atom stereocenters. The zero-order valence-electron chi connectivity index (χ0n) is 27.5. The highest BCUT2D eigenvalue weighted by molar-refractivity contribution is 5.89. The number of rotatable bonds is 17. The van der Waals surface area contributed by atoms with Crippen LogP contribution in [0.5, 0.6) is 0 Å². The van der Waals surface area contributed by atoms with Crippen LogP contribution in [-0.4, -0.2) is 53.1 Å². The number of aliphatic carboxylic acids is 1. The number of carboxylic acid groups (broad SMARTS) is 1. The van der Waals surface area contributed by atoms with E-state index in [2.05, 4.69) is 32.0 Å². The highest BCUT2D eigenvalue weighted by Crippen LogP contribution is 2.28. The number of hydrogen-bond donors (Lipinski definition) is 5. The zero-order valence-corrected chi connectivity index (χ0v) is 27.5. The number of aliphatic imine (C=N–C) groups is 1. The summed E-state index contributed by atoms with van der Waals surface area (Å²) in [6.45, 7) is 2.29. The van der Waals surface area contributed by atoms with Crippen molar-refractivity contribution in [1.29, 1.82) is 0 Å². The first kappa shape index (κ1) is 39.8. The van der Waals surface area contributed by atoms with Gasteiger partial charge >= 0.3 is 6.18 Å². The van der Waals surface area contributed by atoms with Crippen LogP contribution >= 0.6 is 0 Å². The Bertz CT molecular complexity index is 1130. The Balaban J connectivity index is 0.000000984. The van der Waals surface area contributed by atoms with Gasteiger partial charge in [-0.05, 0) is 50.4 Å². The Labute approximate surface area is 275 Å². The molecule has 0 aliphatic heterocycles. The molecule has 15 heteroatoms. The van der Waals surface area contributed by atoms with Gasteiger partial charge in [0.1, 0.15) is 23.9 Å². The number of nitrogens with zero attached hydrogens (tertiary/aromatic N) is 3. The molecular formula is C32H55F3N8O4. The van der Waals surface area contributed by atoms with Crippen LogP contribution in [0.25, 0.3) is 0 Å². The number of primary amides is 1. The van der Waals surface area contributed by atoms with E-state index in [9.17, 15) is 22.8 Å². The van der Waals surface area contributed by atoms with E-state index in [1.54, 1.807) is 0 Å². The quantitative estimate of drug-likeness (QED) is 0.0715. The fourth-order valence-corrected chi connectivity index (χ4v) is 6.50. The van der Waals surface area contributed by atoms with Crippen molar-refractivity contribution in [2.45, 2.75) is 141 Å². The highest BCUT2D eigenvalue weighted by Gasteiger charge is 2.29. The molecule has 2 fully saturated rings. The Morgan fingerprint density at radius 3 is 2.02 bits per heavy atom. The van der Waals surface area contributed by atoms with Gasteiger partial charge in [0.05, 0.1) is 19.1 Å². The van der Waals surface area contributed by atoms with E-state index >= 15 is 0 Å². The molecule has 2 aliphatic rings. The third-order valence-corrected chi connectivity index (χ3v) is 9.06. The molecule has 0 saturated heterocycles. The number of nitrogens with two attached hydrogens (primary N) is 4. The minimum atomic E-state index is -5.19. The fourth-order valence-electron chi connectivity index (χ4n) is 6.50. The largest absolute Gasteiger partial charge is 0.542 e. The van der Waals surface area contributed by atoms with Gasteiger partial charge in [-0.1, -0.05) is 64.2 Å². The zero-order chi connectivity index (χ0) is 34.8. The Hall–Kier alpha value is -3.36. The first-order valence-corrected chi connectivity index (χ1v) is 17.0. The summed E-state index contributed by atoms with van der Waals surface area (Å²) in [7, 11) is 0. The molecule has 0 spiro atoms. The average molecular weight is 673 g/mol. The third-order valence-electron chi connectivity index (χ3n) is 9.06. The van der Waals surface area contributed by atoms with E-state index in [-0.39, 0.29) is 11.9 Å². The molecule has 12 nitrogen and oxygen atoms in total. The summed E-state index contributed by atoms with van der Waals surface area (Å²) in [5.74, 6) is -2.25. The number of hydrogen-bond acceptors (Lipinski definition) is 6. The molecule has 2 atom stereocenters. The van der Waals surface area contributed by atoms with Gasteiger partial charge in [-0.15, -0.1) is 0 Å². The van der Waals surface area contributed by atoms with E-state index < -0.39 is 30.1 Å². The Morgan fingerprint density at radius 1 is 0.957 bits per heavy atom. The molecule has 2 aliphatic carbocycles. The van der Waals surface area contributed by atoms with Crippen molar-refractivity contribution in [3.05, 3.63) is 18.2 Å². The lowest BCUT2D eigenvalue weighted by atomic mass is 9.86. The summed E-state index contributed by atoms with van der Waals surface area (Å²) in [5.41, 5.74) is 23.7. The van der Waals surface area contributed by atoms with Gasteiger partial charge in [0.2, 0.25) is 18.1 Å². The minimum absolute atomic E-state index is 0.00495. The number of carbonyl (C=O) groups excluding carboxylic acids is 3. The number of carbonyl (C=O) groups is 3. The van der Waals surface area contributed by atoms with Crippen molar-refractivity contribution in [2.75, 3.05) is 6.54 Å². The van der Waals surface area contributed by atoms with Crippen LogP contribution in [0.2, 0.25) is 0 Å². The molecule has 268 valence electrons. The maximum Gasteiger partial charge on any atom is 0.430 e. The first-order valence-electron chi connectivity index (χ1n) is 17.0. The van der Waals surface area contributed by atoms with Crippen LogP contribution in [0, 0.1) is 11.8 Å². The van der Waals surface area contributed by atoms with E-state index in [1.165, 1.54) is 83.5 Å². The molecule has 1 aromatic heterocycles. The SMILES string of the molecule is NC(=O)[C@H](CCCN=C(N)N)NC(=O)[C@@H](N)Cc1c[n+](CCCC2CCCCC2)cn1CCCC1CCCCC1.O=C([O-])C(F)(F)F. The summed E-state index contributed by atoms with van der Waals surface area (Å²) in [6.07, 6.45) is 19.0. The van der Waals surface area contributed by atoms with Crippen LogP contribution in [0.3, 0.4) is 0 Å². The summed E-state index contributed by atoms with van der Waals surface area (Å²) < 4.78 is 36.1. The molecule has 1 aromatic rings. The summed E-state index contributed by atoms with van der Waals surface area (Å²) >= 11 is 0. The second-order valence-electron chi connectivity index (χ2n) is 13.0. The highest BCUT2D eigenvalue weighted by atomic mass is 19.4. The number of aromatic nitrogens is 2. The number of amides is 2. The predicted molar refractivity (Wildman–Crippen MR) is 170 cm³/mol. The van der Waals surface area contributed by atoms with Gasteiger partial charge in [-0.25, -0.2) is 9.13 Å². The average Bonchev–Trinajstić information content (AvgIpc) is 3.39. The van der Waals surface area contributed by atoms with Crippen LogP contribution in [0.1, 0.15) is 108 Å². The second kappa shape index (κ2) is 20.8. The van der Waals surface area contributed by atoms with Crippen molar-refractivity contribution in [1.82, 2.24) is 9.88 Å². The van der Waals surface area contributed by atoms with Gasteiger partial charge < -0.3 is 38.2 Å². The lowest BCUT2D eigenvalue weighted by molar-refractivity contribution is -0.697. The Kier molecular flexibility index (Phi) is 17.6. The van der Waals surface area contributed by atoms with E-state index in [0.29, 0.717) is 25.8 Å². The minimum Gasteiger partial charge on any atom is -0.542 e. The van der Waals surface area contributed by atoms with Crippen LogP contribution in [0.15, 0.2) is 17.5 Å². The topological polar surface area (TPSA) is 212 Å². The molecule has 0 bridgehead atoms. The van der Waals surface area contributed by atoms with Gasteiger partial charge in [0.25, 0.3) is 0 Å². The number of nitrogens with one attached hydrogen (secondary N) is 1. The number of guanidine groups is 1. The molecule has 9 N–H and O–H groups in total. The second-order valence-corrected chi connectivity index (χ2v) is 13.0. The van der Waals surface area contributed by atoms with Gasteiger partial charge in [0.15, 0.2) is 5.96 Å². The molecular weight excluding hydrogens is 617 g/mol. The number of halogens is 3. The molecule has 0 radical (unpaired) electrons. The third kappa shape index (κ3) is 16.3. The van der Waals surface area contributed by atoms with Gasteiger partial charge in [0, 0.05) is 13.0 Å². The Morgan fingerprint density at radius 2 is 1.51 bits per heavy atom. The number of imidazole rings is 1. The number of carboxylic acids is 1. The molecule has 47 heavy (non-hydrogen) atoms. The van der Waals surface area contributed by atoms with E-state index in [0.717, 1.165) is 37.0 Å². The molecule has 0 aromatic carbocycles. The predicted octanol–water partition coefficient (Wildman–Crippen LogP) is 1.69. The van der Waals surface area contributed by atoms with Crippen molar-refractivity contribution in [3.8, 4) is 0 Å². The van der Waals surface area contributed by atoms with Crippen LogP contribution in [0.4, 0.5) is 13.2 Å². The van der Waals surface area contributed by atoms with Crippen molar-refractivity contribution >= 4 is 23.7 Å². The van der Waals surface area contributed by atoms with Gasteiger partial charge in [-0.2, -0.15) is 13.2 Å². The number of aryl methyl sites for hydroxylation is 2. The van der Waals surface area contributed by atoms with Crippen LogP contribution in [-0.2, 0) is 33.9 Å². The van der Waals surface area contributed by atoms with Crippen LogP contribution < -0.4 is 37.9 Å². The maximum atomic E-state index is 13.0. The van der Waals surface area contributed by atoms with Gasteiger partial charge in [-0.3, -0.25) is 14.6 Å². The normalized spacial score (nSPS) is 17.2. The van der Waals surface area contributed by atoms with E-state index in [4.69, 9.17) is 32.8 Å². The van der Waals surface area contributed by atoms with E-state index in [1.807, 2.05) is 0 Å². The maximum absolute atomic E-state index is 13.0. The monoisotopic (exact) mass is 672 g/mol. The smallest absolute Gasteiger partial charge is 0.430 e. The molecule has 2 amide bonds. The standard InChI is InChI=1S/C30H54N8O2.C2HF3O2/c31-26(29(40)36-27(28(32)39)16-7-17-35-30(33)34)20-25-21-37(18-8-14-23-10-3-1-4-11-23)22-38(25)19-9-15-24-12-5-2-6-13-24;3-2(4,5)1(6)7/h21-24,26-27H,1-20,31H2,(H6-,32,33,34,35,36,39,40);(H,6,7)/t26-,27-;/m0./s1. The lowest BCUT2D eigenvalue weighted by Gasteiger charge is -2.21. The molecule has 3 rings (SSSR count). The van der Waals surface area contributed by atoms with Crippen molar-refractivity contribution in [2.24, 2.45) is 39.8 Å². The summed E-state index contributed by atoms with van der Waals surface area (Å²) in [6, 6.07) is -1.58. The fraction of sp³-hybridized carbons (Fsp3) is 0.781. The molecule has 2 saturated carbocycles. The summed E-state index contributed by atoms with van der Waals surface area (Å²) in [5, 5.41) is 11.5. The van der Waals surface area contributed by atoms with Crippen molar-refractivity contribution in [3.63, 3.8) is 0 Å². The number of alkyl halides is 3. The summed E-state index contributed by atoms with van der Waals surface area (Å²) in [4.78, 5) is 37.6. The lowest BCUT2D eigenvalue weighted by Crippen LogP contribution is -2.51. The first-order chi connectivity index (χ1) is 22.3. The molecule has 1 heterocycles. The van der Waals surface area contributed by atoms with Crippen molar-refractivity contribution < 1.29 is 37.2 Å².